The third kappa shape index (κ3) is 3.64. The van der Waals surface area contributed by atoms with Crippen LogP contribution in [0.2, 0.25) is 0 Å². The number of anilines is 2. The van der Waals surface area contributed by atoms with E-state index in [0.29, 0.717) is 12.0 Å². The van der Waals surface area contributed by atoms with Crippen molar-refractivity contribution in [3.05, 3.63) is 11.4 Å². The first-order valence-corrected chi connectivity index (χ1v) is 8.25. The van der Waals surface area contributed by atoms with Crippen LogP contribution in [0, 0.1) is 6.92 Å². The molecule has 0 radical (unpaired) electrons. The molecule has 5 heteroatoms. The van der Waals surface area contributed by atoms with Crippen LogP contribution in [-0.4, -0.2) is 35.8 Å². The maximum absolute atomic E-state index is 5.67. The van der Waals surface area contributed by atoms with Crippen LogP contribution in [0.25, 0.3) is 0 Å². The molecule has 1 aliphatic carbocycles. The number of nitrogens with one attached hydrogen (secondary N) is 2. The summed E-state index contributed by atoms with van der Waals surface area (Å²) in [5.74, 6) is 3.53. The Morgan fingerprint density at radius 2 is 1.90 bits per heavy atom. The molecule has 0 bridgehead atoms. The van der Waals surface area contributed by atoms with E-state index in [2.05, 4.69) is 29.5 Å². The van der Waals surface area contributed by atoms with Crippen molar-refractivity contribution < 1.29 is 4.74 Å². The monoisotopic (exact) mass is 290 g/mol. The summed E-state index contributed by atoms with van der Waals surface area (Å²) >= 11 is 0. The predicted octanol–water partition coefficient (Wildman–Crippen LogP) is 3.08. The lowest BCUT2D eigenvalue weighted by Crippen LogP contribution is -2.15. The minimum Gasteiger partial charge on any atom is -0.378 e. The second-order valence-electron chi connectivity index (χ2n) is 6.06. The minimum atomic E-state index is 0.427. The van der Waals surface area contributed by atoms with Crippen molar-refractivity contribution >= 4 is 11.6 Å². The smallest absolute Gasteiger partial charge is 0.136 e. The van der Waals surface area contributed by atoms with Crippen LogP contribution < -0.4 is 10.6 Å². The van der Waals surface area contributed by atoms with Gasteiger partial charge in [0.05, 0.1) is 6.10 Å². The van der Waals surface area contributed by atoms with Gasteiger partial charge in [-0.15, -0.1) is 0 Å². The van der Waals surface area contributed by atoms with E-state index in [1.54, 1.807) is 0 Å². The zero-order chi connectivity index (χ0) is 14.7. The van der Waals surface area contributed by atoms with E-state index in [1.165, 1.54) is 25.7 Å². The van der Waals surface area contributed by atoms with Crippen LogP contribution in [-0.2, 0) is 4.74 Å². The van der Waals surface area contributed by atoms with Crippen LogP contribution in [0.15, 0.2) is 0 Å². The van der Waals surface area contributed by atoms with Gasteiger partial charge in [0, 0.05) is 31.2 Å². The van der Waals surface area contributed by atoms with E-state index in [4.69, 9.17) is 9.72 Å². The number of nitrogens with zero attached hydrogens (tertiary/aromatic N) is 2. The number of ether oxygens (including phenoxy) is 1. The third-order valence-electron chi connectivity index (χ3n) is 4.23. The average Bonchev–Trinajstić information content (AvgIpc) is 3.20. The van der Waals surface area contributed by atoms with Crippen molar-refractivity contribution in [2.45, 2.75) is 58.0 Å². The van der Waals surface area contributed by atoms with Crippen LogP contribution in [0.5, 0.6) is 0 Å². The Kier molecular flexibility index (Phi) is 4.58. The lowest BCUT2D eigenvalue weighted by Gasteiger charge is -2.15. The maximum atomic E-state index is 5.67. The fourth-order valence-electron chi connectivity index (χ4n) is 2.79. The molecule has 116 valence electrons. The third-order valence-corrected chi connectivity index (χ3v) is 4.23. The molecule has 21 heavy (non-hydrogen) atoms. The highest BCUT2D eigenvalue weighted by molar-refractivity contribution is 5.57. The summed E-state index contributed by atoms with van der Waals surface area (Å²) in [7, 11) is 0. The van der Waals surface area contributed by atoms with Crippen LogP contribution in [0.4, 0.5) is 11.6 Å². The summed E-state index contributed by atoms with van der Waals surface area (Å²) in [5, 5.41) is 6.85. The van der Waals surface area contributed by atoms with Gasteiger partial charge in [-0.1, -0.05) is 0 Å². The molecule has 1 atom stereocenters. The highest BCUT2D eigenvalue weighted by atomic mass is 16.5. The van der Waals surface area contributed by atoms with Gasteiger partial charge in [-0.2, -0.15) is 0 Å². The van der Waals surface area contributed by atoms with E-state index >= 15 is 0 Å². The molecule has 2 aliphatic rings. The summed E-state index contributed by atoms with van der Waals surface area (Å²) < 4.78 is 5.67. The molecule has 2 heterocycles. The van der Waals surface area contributed by atoms with Gasteiger partial charge in [0.1, 0.15) is 17.5 Å². The molecule has 2 N–H and O–H groups in total. The topological polar surface area (TPSA) is 59.1 Å². The Hall–Kier alpha value is -1.36. The summed E-state index contributed by atoms with van der Waals surface area (Å²) in [6, 6.07) is 0. The molecule has 1 aromatic rings. The van der Waals surface area contributed by atoms with Gasteiger partial charge in [-0.05, 0) is 46.0 Å². The number of aromatic nitrogens is 2. The van der Waals surface area contributed by atoms with E-state index < -0.39 is 0 Å². The quantitative estimate of drug-likeness (QED) is 0.808. The number of rotatable bonds is 7. The Morgan fingerprint density at radius 1 is 1.14 bits per heavy atom. The molecule has 1 aromatic heterocycles. The number of hydrogen-bond donors (Lipinski definition) is 2. The maximum Gasteiger partial charge on any atom is 0.136 e. The Balaban J connectivity index is 1.66. The van der Waals surface area contributed by atoms with Gasteiger partial charge in [-0.3, -0.25) is 0 Å². The van der Waals surface area contributed by atoms with E-state index in [-0.39, 0.29) is 0 Å². The Bertz CT molecular complexity index is 481. The predicted molar refractivity (Wildman–Crippen MR) is 85.0 cm³/mol. The van der Waals surface area contributed by atoms with Crippen molar-refractivity contribution in [3.8, 4) is 0 Å². The second kappa shape index (κ2) is 6.60. The van der Waals surface area contributed by atoms with Gasteiger partial charge in [0.25, 0.3) is 0 Å². The highest BCUT2D eigenvalue weighted by Crippen LogP contribution is 2.39. The summed E-state index contributed by atoms with van der Waals surface area (Å²) in [6.07, 6.45) is 6.33. The summed E-state index contributed by atoms with van der Waals surface area (Å²) in [4.78, 5) is 9.42. The largest absolute Gasteiger partial charge is 0.378 e. The zero-order valence-corrected chi connectivity index (χ0v) is 13.1. The highest BCUT2D eigenvalue weighted by Gasteiger charge is 2.28. The lowest BCUT2D eigenvalue weighted by atomic mass is 10.2. The molecule has 1 saturated carbocycles. The van der Waals surface area contributed by atoms with Crippen molar-refractivity contribution in [1.29, 1.82) is 0 Å². The molecular formula is C16H26N4O. The van der Waals surface area contributed by atoms with Gasteiger partial charge in [0.2, 0.25) is 0 Å². The number of hydrogen-bond acceptors (Lipinski definition) is 5. The molecule has 1 unspecified atom stereocenters. The van der Waals surface area contributed by atoms with Crippen molar-refractivity contribution in [2.24, 2.45) is 0 Å². The molecule has 0 aromatic carbocycles. The molecule has 1 saturated heterocycles. The average molecular weight is 290 g/mol. The van der Waals surface area contributed by atoms with Crippen molar-refractivity contribution in [1.82, 2.24) is 9.97 Å². The fraction of sp³-hybridized carbons (Fsp3) is 0.750. The normalized spacial score (nSPS) is 21.5. The first-order valence-electron chi connectivity index (χ1n) is 8.25. The molecule has 0 amide bonds. The molecule has 0 spiro atoms. The molecule has 5 nitrogen and oxygen atoms in total. The summed E-state index contributed by atoms with van der Waals surface area (Å²) in [5.41, 5.74) is 1.12. The first-order chi connectivity index (χ1) is 10.3. The Labute approximate surface area is 126 Å². The molecule has 2 fully saturated rings. The molecule has 1 aliphatic heterocycles. The zero-order valence-electron chi connectivity index (χ0n) is 13.1. The van der Waals surface area contributed by atoms with Crippen LogP contribution in [0.3, 0.4) is 0 Å². The fourth-order valence-corrected chi connectivity index (χ4v) is 2.79. The van der Waals surface area contributed by atoms with Gasteiger partial charge in [0.15, 0.2) is 0 Å². The van der Waals surface area contributed by atoms with Gasteiger partial charge < -0.3 is 15.4 Å². The first kappa shape index (κ1) is 14.6. The SMILES string of the molecule is CCNc1nc(C2CC2)nc(NCCC2CCCO2)c1C. The van der Waals surface area contributed by atoms with Crippen LogP contribution in [0.1, 0.15) is 56.3 Å². The van der Waals surface area contributed by atoms with E-state index in [9.17, 15) is 0 Å². The van der Waals surface area contributed by atoms with Gasteiger partial charge >= 0.3 is 0 Å². The second-order valence-corrected chi connectivity index (χ2v) is 6.06. The lowest BCUT2D eigenvalue weighted by molar-refractivity contribution is 0.107. The standard InChI is InChI=1S/C16H26N4O/c1-3-17-14-11(2)15(20-16(19-14)12-6-7-12)18-9-8-13-5-4-10-21-13/h12-13H,3-10H2,1-2H3,(H2,17,18,19,20). The minimum absolute atomic E-state index is 0.427. The van der Waals surface area contributed by atoms with E-state index in [1.807, 2.05) is 0 Å². The van der Waals surface area contributed by atoms with Gasteiger partial charge in [-0.25, -0.2) is 9.97 Å². The van der Waals surface area contributed by atoms with Crippen molar-refractivity contribution in [2.75, 3.05) is 30.3 Å². The van der Waals surface area contributed by atoms with Crippen LogP contribution >= 0.6 is 0 Å². The molecular weight excluding hydrogens is 264 g/mol. The Morgan fingerprint density at radius 3 is 2.52 bits per heavy atom. The summed E-state index contributed by atoms with van der Waals surface area (Å²) in [6.45, 7) is 6.91. The molecule has 3 rings (SSSR count). The van der Waals surface area contributed by atoms with E-state index in [0.717, 1.165) is 49.1 Å². The van der Waals surface area contributed by atoms with Crippen molar-refractivity contribution in [3.63, 3.8) is 0 Å².